The quantitative estimate of drug-likeness (QED) is 0.932. The smallest absolute Gasteiger partial charge is 0.254 e. The summed E-state index contributed by atoms with van der Waals surface area (Å²) in [5.74, 6) is 0.327. The van der Waals surface area contributed by atoms with E-state index in [9.17, 15) is 9.90 Å². The Hall–Kier alpha value is -2.33. The average molecular weight is 336 g/mol. The van der Waals surface area contributed by atoms with Crippen LogP contribution in [0.25, 0.3) is 0 Å². The van der Waals surface area contributed by atoms with Gasteiger partial charge in [0.15, 0.2) is 0 Å². The number of carbonyl (C=O) groups is 1. The first-order valence-corrected chi connectivity index (χ1v) is 9.10. The lowest BCUT2D eigenvalue weighted by Crippen LogP contribution is -2.29. The van der Waals surface area contributed by atoms with Crippen molar-refractivity contribution in [1.29, 1.82) is 0 Å². The van der Waals surface area contributed by atoms with Gasteiger partial charge >= 0.3 is 0 Å². The first-order valence-electron chi connectivity index (χ1n) is 9.10. The minimum atomic E-state index is 0.0659. The Balaban J connectivity index is 1.46. The second kappa shape index (κ2) is 6.89. The largest absolute Gasteiger partial charge is 0.508 e. The number of fused-ring (bicyclic) bond motifs is 1. The molecule has 0 saturated carbocycles. The molecule has 0 atom stereocenters. The first-order chi connectivity index (χ1) is 12.2. The summed E-state index contributed by atoms with van der Waals surface area (Å²) in [6.45, 7) is 4.42. The predicted octanol–water partition coefficient (Wildman–Crippen LogP) is 3.53. The summed E-state index contributed by atoms with van der Waals surface area (Å²) in [6.07, 6.45) is 3.88. The molecule has 2 aromatic rings. The van der Waals surface area contributed by atoms with Gasteiger partial charge in [-0.25, -0.2) is 0 Å². The maximum atomic E-state index is 12.9. The second-order valence-corrected chi connectivity index (χ2v) is 7.15. The van der Waals surface area contributed by atoms with E-state index >= 15 is 0 Å². The number of phenols is 1. The van der Waals surface area contributed by atoms with Crippen LogP contribution in [0.4, 0.5) is 0 Å². The van der Waals surface area contributed by atoms with E-state index in [1.54, 1.807) is 12.1 Å². The standard InChI is InChI=1S/C21H24N2O2/c24-20-8-7-18-14-23(15-19(18)12-20)21(25)17-6-4-5-16(11-17)13-22-9-2-1-3-10-22/h4-8,11-12,24H,1-3,9-10,13-15H2. The van der Waals surface area contributed by atoms with Crippen molar-refractivity contribution in [2.24, 2.45) is 0 Å². The van der Waals surface area contributed by atoms with E-state index in [0.29, 0.717) is 13.1 Å². The molecule has 0 radical (unpaired) electrons. The Morgan fingerprint density at radius 3 is 2.60 bits per heavy atom. The van der Waals surface area contributed by atoms with Crippen LogP contribution in [-0.2, 0) is 19.6 Å². The van der Waals surface area contributed by atoms with Gasteiger partial charge in [0.2, 0.25) is 0 Å². The minimum absolute atomic E-state index is 0.0659. The molecular formula is C21H24N2O2. The molecule has 130 valence electrons. The van der Waals surface area contributed by atoms with Gasteiger partial charge in [-0.2, -0.15) is 0 Å². The molecular weight excluding hydrogens is 312 g/mol. The monoisotopic (exact) mass is 336 g/mol. The van der Waals surface area contributed by atoms with Crippen molar-refractivity contribution in [3.8, 4) is 5.75 Å². The van der Waals surface area contributed by atoms with Crippen molar-refractivity contribution < 1.29 is 9.90 Å². The Bertz CT molecular complexity index is 781. The maximum absolute atomic E-state index is 12.9. The number of rotatable bonds is 3. The molecule has 4 rings (SSSR count). The Morgan fingerprint density at radius 2 is 1.76 bits per heavy atom. The number of hydrogen-bond donors (Lipinski definition) is 1. The highest BCUT2D eigenvalue weighted by Crippen LogP contribution is 2.27. The Kier molecular flexibility index (Phi) is 4.45. The average Bonchev–Trinajstić information content (AvgIpc) is 3.05. The number of benzene rings is 2. The molecule has 25 heavy (non-hydrogen) atoms. The number of hydrogen-bond acceptors (Lipinski definition) is 3. The van der Waals surface area contributed by atoms with E-state index in [-0.39, 0.29) is 11.7 Å². The van der Waals surface area contributed by atoms with Gasteiger partial charge in [-0.15, -0.1) is 0 Å². The molecule has 0 aliphatic carbocycles. The molecule has 0 aromatic heterocycles. The van der Waals surface area contributed by atoms with E-state index in [1.807, 2.05) is 29.2 Å². The van der Waals surface area contributed by atoms with Crippen LogP contribution in [0.5, 0.6) is 5.75 Å². The molecule has 2 aliphatic heterocycles. The third kappa shape index (κ3) is 3.54. The Morgan fingerprint density at radius 1 is 0.960 bits per heavy atom. The van der Waals surface area contributed by atoms with Crippen LogP contribution in [-0.4, -0.2) is 33.9 Å². The molecule has 0 spiro atoms. The normalized spacial score (nSPS) is 17.5. The van der Waals surface area contributed by atoms with Crippen LogP contribution >= 0.6 is 0 Å². The number of nitrogens with zero attached hydrogens (tertiary/aromatic N) is 2. The highest BCUT2D eigenvalue weighted by molar-refractivity contribution is 5.94. The summed E-state index contributed by atoms with van der Waals surface area (Å²) in [4.78, 5) is 17.2. The highest BCUT2D eigenvalue weighted by atomic mass is 16.3. The fraction of sp³-hybridized carbons (Fsp3) is 0.381. The van der Waals surface area contributed by atoms with E-state index < -0.39 is 0 Å². The lowest BCUT2D eigenvalue weighted by molar-refractivity contribution is 0.0751. The van der Waals surface area contributed by atoms with Crippen LogP contribution in [0, 0.1) is 0 Å². The number of likely N-dealkylation sites (tertiary alicyclic amines) is 1. The zero-order valence-electron chi connectivity index (χ0n) is 14.4. The molecule has 0 bridgehead atoms. The van der Waals surface area contributed by atoms with Crippen molar-refractivity contribution in [1.82, 2.24) is 9.80 Å². The summed E-state index contributed by atoms with van der Waals surface area (Å²) < 4.78 is 0. The number of carbonyl (C=O) groups excluding carboxylic acids is 1. The van der Waals surface area contributed by atoms with E-state index in [2.05, 4.69) is 11.0 Å². The third-order valence-corrected chi connectivity index (χ3v) is 5.23. The highest BCUT2D eigenvalue weighted by Gasteiger charge is 2.24. The number of amides is 1. The SMILES string of the molecule is O=C(c1cccc(CN2CCCCC2)c1)N1Cc2ccc(O)cc2C1. The molecule has 2 aromatic carbocycles. The van der Waals surface area contributed by atoms with E-state index in [1.165, 1.54) is 24.8 Å². The number of phenolic OH excluding ortho intramolecular Hbond substituents is 1. The summed E-state index contributed by atoms with van der Waals surface area (Å²) in [7, 11) is 0. The zero-order valence-corrected chi connectivity index (χ0v) is 14.4. The van der Waals surface area contributed by atoms with Crippen LogP contribution in [0.1, 0.15) is 46.3 Å². The van der Waals surface area contributed by atoms with Gasteiger partial charge in [-0.05, 0) is 66.9 Å². The van der Waals surface area contributed by atoms with Crippen molar-refractivity contribution in [2.75, 3.05) is 13.1 Å². The topological polar surface area (TPSA) is 43.8 Å². The third-order valence-electron chi connectivity index (χ3n) is 5.23. The van der Waals surface area contributed by atoms with Gasteiger partial charge in [-0.3, -0.25) is 9.69 Å². The molecule has 0 unspecified atom stereocenters. The number of aromatic hydroxyl groups is 1. The van der Waals surface area contributed by atoms with Gasteiger partial charge in [0.1, 0.15) is 5.75 Å². The van der Waals surface area contributed by atoms with Crippen LogP contribution in [0.2, 0.25) is 0 Å². The molecule has 4 heteroatoms. The molecule has 1 N–H and O–H groups in total. The van der Waals surface area contributed by atoms with E-state index in [4.69, 9.17) is 0 Å². The lowest BCUT2D eigenvalue weighted by atomic mass is 10.1. The summed E-state index contributed by atoms with van der Waals surface area (Å²) in [5, 5.41) is 9.62. The van der Waals surface area contributed by atoms with Gasteiger partial charge < -0.3 is 10.0 Å². The fourth-order valence-electron chi connectivity index (χ4n) is 3.89. The van der Waals surface area contributed by atoms with Crippen molar-refractivity contribution in [2.45, 2.75) is 38.9 Å². The predicted molar refractivity (Wildman–Crippen MR) is 97.3 cm³/mol. The fourth-order valence-corrected chi connectivity index (χ4v) is 3.89. The number of piperidine rings is 1. The molecule has 1 saturated heterocycles. The zero-order chi connectivity index (χ0) is 17.2. The summed E-state index contributed by atoms with van der Waals surface area (Å²) >= 11 is 0. The maximum Gasteiger partial charge on any atom is 0.254 e. The van der Waals surface area contributed by atoms with Gasteiger partial charge in [0, 0.05) is 25.2 Å². The van der Waals surface area contributed by atoms with Gasteiger partial charge in [0.25, 0.3) is 5.91 Å². The van der Waals surface area contributed by atoms with Gasteiger partial charge in [-0.1, -0.05) is 24.6 Å². The van der Waals surface area contributed by atoms with E-state index in [0.717, 1.165) is 36.3 Å². The second-order valence-electron chi connectivity index (χ2n) is 7.15. The molecule has 4 nitrogen and oxygen atoms in total. The van der Waals surface area contributed by atoms with Crippen molar-refractivity contribution in [3.63, 3.8) is 0 Å². The molecule has 1 fully saturated rings. The van der Waals surface area contributed by atoms with Crippen LogP contribution in [0.3, 0.4) is 0 Å². The summed E-state index contributed by atoms with van der Waals surface area (Å²) in [6, 6.07) is 13.4. The van der Waals surface area contributed by atoms with Crippen LogP contribution < -0.4 is 0 Å². The van der Waals surface area contributed by atoms with Crippen LogP contribution in [0.15, 0.2) is 42.5 Å². The molecule has 1 amide bonds. The van der Waals surface area contributed by atoms with Gasteiger partial charge in [0.05, 0.1) is 0 Å². The van der Waals surface area contributed by atoms with Crippen molar-refractivity contribution in [3.05, 3.63) is 64.7 Å². The molecule has 2 heterocycles. The molecule has 2 aliphatic rings. The van der Waals surface area contributed by atoms with Crippen molar-refractivity contribution >= 4 is 5.91 Å². The Labute approximate surface area is 148 Å². The summed E-state index contributed by atoms with van der Waals surface area (Å²) in [5.41, 5.74) is 4.13. The lowest BCUT2D eigenvalue weighted by Gasteiger charge is -2.26. The minimum Gasteiger partial charge on any atom is -0.508 e. The first kappa shape index (κ1) is 16.2.